The number of anilines is 1. The van der Waals surface area contributed by atoms with E-state index in [-0.39, 0.29) is 49.1 Å². The van der Waals surface area contributed by atoms with Crippen molar-refractivity contribution in [1.29, 1.82) is 10.5 Å². The molecule has 39 heavy (non-hydrogen) atoms. The van der Waals surface area contributed by atoms with Gasteiger partial charge in [0.05, 0.1) is 28.8 Å². The van der Waals surface area contributed by atoms with Crippen molar-refractivity contribution in [2.45, 2.75) is 24.7 Å². The number of halogens is 1. The number of rotatable bonds is 12. The number of aromatic nitrogens is 1. The van der Waals surface area contributed by atoms with Gasteiger partial charge in [-0.25, -0.2) is 13.4 Å². The Bertz CT molecular complexity index is 1460. The number of hydrogen-bond donors (Lipinski definition) is 0. The Morgan fingerprint density at radius 1 is 1.00 bits per heavy atom. The number of carbonyl (C=O) groups excluding carboxylic acids is 1. The summed E-state index contributed by atoms with van der Waals surface area (Å²) in [7, 11) is 1.47. The fourth-order valence-electron chi connectivity index (χ4n) is 3.74. The Morgan fingerprint density at radius 2 is 1.62 bits per heavy atom. The predicted molar refractivity (Wildman–Crippen MR) is 154 cm³/mol. The molecule has 10 nitrogen and oxygen atoms in total. The largest absolute Gasteiger partial charge is 0.494 e. The Hall–Kier alpha value is -3.26. The van der Waals surface area contributed by atoms with Gasteiger partial charge in [-0.2, -0.15) is 14.8 Å². The van der Waals surface area contributed by atoms with Gasteiger partial charge >= 0.3 is 0 Å². The molecule has 0 atom stereocenters. The van der Waals surface area contributed by atoms with Gasteiger partial charge in [0.25, 0.3) is 5.91 Å². The molecule has 0 saturated heterocycles. The van der Waals surface area contributed by atoms with Crippen molar-refractivity contribution in [2.75, 3.05) is 52.3 Å². The van der Waals surface area contributed by atoms with Crippen LogP contribution >= 0.6 is 23.7 Å². The number of nitrogens with zero attached hydrogens (tertiary/aromatic N) is 6. The van der Waals surface area contributed by atoms with Crippen LogP contribution in [0.4, 0.5) is 5.13 Å². The summed E-state index contributed by atoms with van der Waals surface area (Å²) in [6.07, 6.45) is 0.0168. The van der Waals surface area contributed by atoms with Gasteiger partial charge in [-0.05, 0) is 56.9 Å². The molecule has 0 aliphatic heterocycles. The fourth-order valence-corrected chi connectivity index (χ4v) is 6.26. The van der Waals surface area contributed by atoms with Crippen molar-refractivity contribution >= 4 is 55.0 Å². The highest BCUT2D eigenvalue weighted by Gasteiger charge is 2.26. The fraction of sp³-hybridized carbons (Fsp3) is 0.385. The first kappa shape index (κ1) is 32.0. The van der Waals surface area contributed by atoms with Gasteiger partial charge in [-0.15, -0.1) is 12.4 Å². The second-order valence-electron chi connectivity index (χ2n) is 8.76. The summed E-state index contributed by atoms with van der Waals surface area (Å²) < 4.78 is 33.8. The van der Waals surface area contributed by atoms with Gasteiger partial charge in [0, 0.05) is 44.6 Å². The van der Waals surface area contributed by atoms with Gasteiger partial charge in [0.2, 0.25) is 10.0 Å². The highest BCUT2D eigenvalue weighted by atomic mass is 35.5. The van der Waals surface area contributed by atoms with E-state index in [1.807, 2.05) is 50.2 Å². The number of likely N-dealkylation sites (N-methyl/N-ethyl adjacent to an activating group) is 1. The summed E-state index contributed by atoms with van der Waals surface area (Å²) in [5, 5.41) is 18.3. The van der Waals surface area contributed by atoms with E-state index >= 15 is 0 Å². The number of ether oxygens (including phenoxy) is 1. The van der Waals surface area contributed by atoms with E-state index in [1.54, 1.807) is 12.0 Å². The normalized spacial score (nSPS) is 11.2. The van der Waals surface area contributed by atoms with Crippen molar-refractivity contribution in [3.63, 3.8) is 0 Å². The molecule has 0 radical (unpaired) electrons. The number of nitriles is 2. The van der Waals surface area contributed by atoms with Crippen molar-refractivity contribution in [3.8, 4) is 17.9 Å². The van der Waals surface area contributed by atoms with Crippen LogP contribution in [0.25, 0.3) is 10.2 Å². The van der Waals surface area contributed by atoms with Crippen molar-refractivity contribution in [3.05, 3.63) is 47.5 Å². The van der Waals surface area contributed by atoms with E-state index in [9.17, 15) is 13.2 Å². The van der Waals surface area contributed by atoms with Crippen LogP contribution in [0.3, 0.4) is 0 Å². The molecule has 3 aromatic rings. The van der Waals surface area contributed by atoms with E-state index < -0.39 is 10.0 Å². The van der Waals surface area contributed by atoms with Gasteiger partial charge in [-0.3, -0.25) is 9.69 Å². The first-order valence-electron chi connectivity index (χ1n) is 11.9. The number of methoxy groups -OCH3 is 1. The number of amides is 1. The quantitative estimate of drug-likeness (QED) is 0.309. The minimum absolute atomic E-state index is 0. The summed E-state index contributed by atoms with van der Waals surface area (Å²) >= 11 is 1.40. The van der Waals surface area contributed by atoms with Crippen LogP contribution in [0.1, 0.15) is 28.8 Å². The number of sulfonamides is 1. The molecule has 0 unspecified atom stereocenters. The molecule has 13 heteroatoms. The summed E-state index contributed by atoms with van der Waals surface area (Å²) in [6.45, 7) is 2.92. The monoisotopic (exact) mass is 590 g/mol. The first-order valence-corrected chi connectivity index (χ1v) is 14.1. The molecule has 0 fully saturated rings. The SMILES string of the molecule is COc1ccc(C)c2sc(N(CCN(C)C)C(=O)c3ccc(S(=O)(=O)N(CCC#N)CCC#N)cc3)nc12.Cl. The van der Waals surface area contributed by atoms with Crippen LogP contribution in [0.2, 0.25) is 0 Å². The molecule has 0 N–H and O–H groups in total. The van der Waals surface area contributed by atoms with E-state index in [4.69, 9.17) is 20.2 Å². The zero-order chi connectivity index (χ0) is 27.9. The summed E-state index contributed by atoms with van der Waals surface area (Å²) in [4.78, 5) is 21.9. The molecule has 0 aliphatic carbocycles. The Kier molecular flexibility index (Phi) is 11.6. The number of hydrogen-bond acceptors (Lipinski definition) is 9. The number of benzene rings is 2. The standard InChI is InChI=1S/C26H30N6O4S2.ClH/c1-19-7-12-22(36-4)23-24(19)37-26(29-23)32(18-17-30(2)3)25(33)20-8-10-21(11-9-20)38(34,35)31(15-5-13-27)16-6-14-28;/h7-12H,5-6,15-18H2,1-4H3;1H. The lowest BCUT2D eigenvalue weighted by Crippen LogP contribution is -2.37. The topological polar surface area (TPSA) is 131 Å². The lowest BCUT2D eigenvalue weighted by atomic mass is 10.2. The average Bonchev–Trinajstić information content (AvgIpc) is 3.35. The average molecular weight is 591 g/mol. The van der Waals surface area contributed by atoms with Crippen LogP contribution in [-0.2, 0) is 10.0 Å². The molecule has 1 amide bonds. The van der Waals surface area contributed by atoms with E-state index in [2.05, 4.69) is 0 Å². The Balaban J connectivity index is 0.00000533. The third-order valence-corrected chi connectivity index (χ3v) is 8.97. The predicted octanol–water partition coefficient (Wildman–Crippen LogP) is 4.06. The van der Waals surface area contributed by atoms with Crippen molar-refractivity contribution in [2.24, 2.45) is 0 Å². The Labute approximate surface area is 239 Å². The molecule has 208 valence electrons. The zero-order valence-corrected chi connectivity index (χ0v) is 24.7. The maximum Gasteiger partial charge on any atom is 0.260 e. The smallest absolute Gasteiger partial charge is 0.260 e. The maximum atomic E-state index is 13.7. The van der Waals surface area contributed by atoms with Crippen LogP contribution in [-0.4, -0.2) is 75.9 Å². The van der Waals surface area contributed by atoms with Crippen molar-refractivity contribution < 1.29 is 17.9 Å². The zero-order valence-electron chi connectivity index (χ0n) is 22.2. The molecule has 0 bridgehead atoms. The lowest BCUT2D eigenvalue weighted by Gasteiger charge is -2.22. The van der Waals surface area contributed by atoms with Gasteiger partial charge in [-0.1, -0.05) is 17.4 Å². The lowest BCUT2D eigenvalue weighted by molar-refractivity contribution is 0.0985. The van der Waals surface area contributed by atoms with Crippen molar-refractivity contribution in [1.82, 2.24) is 14.2 Å². The molecule has 1 aromatic heterocycles. The highest BCUT2D eigenvalue weighted by Crippen LogP contribution is 2.36. The minimum atomic E-state index is -3.94. The highest BCUT2D eigenvalue weighted by molar-refractivity contribution is 7.89. The first-order chi connectivity index (χ1) is 18.1. The number of carbonyl (C=O) groups is 1. The second-order valence-corrected chi connectivity index (χ2v) is 11.7. The summed E-state index contributed by atoms with van der Waals surface area (Å²) in [6, 6.07) is 13.4. The second kappa shape index (κ2) is 14.2. The van der Waals surface area contributed by atoms with Crippen LogP contribution in [0.15, 0.2) is 41.3 Å². The molecule has 0 saturated carbocycles. The Morgan fingerprint density at radius 3 is 2.15 bits per heavy atom. The summed E-state index contributed by atoms with van der Waals surface area (Å²) in [5.74, 6) is 0.317. The molecule has 1 heterocycles. The van der Waals surface area contributed by atoms with Gasteiger partial charge in [0.1, 0.15) is 11.3 Å². The van der Waals surface area contributed by atoms with Gasteiger partial charge in [0.15, 0.2) is 5.13 Å². The maximum absolute atomic E-state index is 13.7. The van der Waals surface area contributed by atoms with E-state index in [0.717, 1.165) is 14.6 Å². The number of thiazole rings is 1. The number of fused-ring (bicyclic) bond motifs is 1. The molecule has 0 spiro atoms. The van der Waals surface area contributed by atoms with E-state index in [1.165, 1.54) is 35.6 Å². The third kappa shape index (κ3) is 7.44. The van der Waals surface area contributed by atoms with Crippen LogP contribution < -0.4 is 9.64 Å². The number of aryl methyl sites for hydroxylation is 1. The molecule has 3 rings (SSSR count). The minimum Gasteiger partial charge on any atom is -0.494 e. The third-order valence-electron chi connectivity index (χ3n) is 5.84. The van der Waals surface area contributed by atoms with Crippen LogP contribution in [0.5, 0.6) is 5.75 Å². The molecular weight excluding hydrogens is 560 g/mol. The molecule has 0 aliphatic rings. The van der Waals surface area contributed by atoms with Gasteiger partial charge < -0.3 is 9.64 Å². The molecule has 2 aromatic carbocycles. The molecular formula is C26H31ClN6O4S2. The van der Waals surface area contributed by atoms with E-state index in [0.29, 0.717) is 35.1 Å². The van der Waals surface area contributed by atoms with Crippen LogP contribution in [0, 0.1) is 29.6 Å². The summed E-state index contributed by atoms with van der Waals surface area (Å²) in [5.41, 5.74) is 2.02.